The molecule has 13 nitrogen and oxygen atoms in total. The summed E-state index contributed by atoms with van der Waals surface area (Å²) in [7, 11) is -10.3. The molecule has 2 heterocycles. The lowest BCUT2D eigenvalue weighted by atomic mass is 10.2. The highest BCUT2D eigenvalue weighted by Gasteiger charge is 2.39. The molecule has 0 aliphatic carbocycles. The van der Waals surface area contributed by atoms with Gasteiger partial charge < -0.3 is 30.3 Å². The average Bonchev–Trinajstić information content (AvgIpc) is 2.75. The Labute approximate surface area is 134 Å². The maximum Gasteiger partial charge on any atom is 0.481 e. The first kappa shape index (κ1) is 19.2. The molecule has 15 heteroatoms. The van der Waals surface area contributed by atoms with Gasteiger partial charge in [-0.05, 0) is 6.07 Å². The number of aliphatic hydroxyl groups is 1. The zero-order valence-electron chi connectivity index (χ0n) is 11.9. The van der Waals surface area contributed by atoms with Crippen molar-refractivity contribution in [3.63, 3.8) is 0 Å². The minimum atomic E-state index is -5.24. The molecule has 0 aromatic carbocycles. The lowest BCUT2D eigenvalue weighted by Crippen LogP contribution is -2.28. The van der Waals surface area contributed by atoms with Crippen LogP contribution in [0.1, 0.15) is 12.6 Å². The fraction of sp³-hybridized carbons (Fsp3) is 0.556. The van der Waals surface area contributed by atoms with E-state index in [1.165, 1.54) is 12.3 Å². The molecule has 1 aromatic heterocycles. The number of hydrogen-bond acceptors (Lipinski definition) is 9. The van der Waals surface area contributed by atoms with Crippen LogP contribution in [0.5, 0.6) is 0 Å². The molecule has 1 aliphatic heterocycles. The second-order valence-electron chi connectivity index (χ2n) is 4.81. The summed E-state index contributed by atoms with van der Waals surface area (Å²) in [6.45, 7) is -0.706. The van der Waals surface area contributed by atoms with E-state index < -0.39 is 46.4 Å². The molecule has 2 unspecified atom stereocenters. The van der Waals surface area contributed by atoms with Crippen molar-refractivity contribution in [3.05, 3.63) is 22.7 Å². The zero-order chi connectivity index (χ0) is 18.1. The van der Waals surface area contributed by atoms with Crippen LogP contribution in [0.3, 0.4) is 0 Å². The summed E-state index contributed by atoms with van der Waals surface area (Å²) in [5.74, 6) is 0.00508. The number of hydrogen-bond donors (Lipinski definition) is 5. The predicted molar refractivity (Wildman–Crippen MR) is 76.3 cm³/mol. The Morgan fingerprint density at radius 3 is 2.67 bits per heavy atom. The highest BCUT2D eigenvalue weighted by atomic mass is 31.3. The molecule has 1 aromatic rings. The van der Waals surface area contributed by atoms with Crippen LogP contribution in [-0.4, -0.2) is 48.2 Å². The van der Waals surface area contributed by atoms with Gasteiger partial charge in [0.15, 0.2) is 0 Å². The van der Waals surface area contributed by atoms with Gasteiger partial charge in [-0.15, -0.1) is 0 Å². The van der Waals surface area contributed by atoms with Gasteiger partial charge >= 0.3 is 21.3 Å². The lowest BCUT2D eigenvalue weighted by Gasteiger charge is -2.18. The second kappa shape index (κ2) is 7.00. The molecule has 1 saturated heterocycles. The number of nitrogens with two attached hydrogens (primary N) is 1. The fourth-order valence-corrected chi connectivity index (χ4v) is 3.61. The number of aromatic nitrogens is 2. The summed E-state index contributed by atoms with van der Waals surface area (Å²) in [5.41, 5.74) is 4.64. The van der Waals surface area contributed by atoms with E-state index in [1.54, 1.807) is 0 Å². The highest BCUT2D eigenvalue weighted by Crippen LogP contribution is 2.57. The lowest BCUT2D eigenvalue weighted by molar-refractivity contribution is -0.0449. The van der Waals surface area contributed by atoms with Gasteiger partial charge in [0, 0.05) is 12.6 Å². The highest BCUT2D eigenvalue weighted by molar-refractivity contribution is 7.60. The minimum Gasteiger partial charge on any atom is -0.390 e. The quantitative estimate of drug-likeness (QED) is 0.361. The van der Waals surface area contributed by atoms with E-state index in [0.29, 0.717) is 0 Å². The summed E-state index contributed by atoms with van der Waals surface area (Å²) in [6.07, 6.45) is -1.97. The van der Waals surface area contributed by atoms with Gasteiger partial charge in [-0.25, -0.2) is 13.9 Å². The third-order valence-electron chi connectivity index (χ3n) is 2.98. The number of phosphoric ester groups is 1. The Morgan fingerprint density at radius 1 is 1.42 bits per heavy atom. The normalized spacial score (nSPS) is 27.1. The van der Waals surface area contributed by atoms with Crippen LogP contribution in [0.15, 0.2) is 17.1 Å². The van der Waals surface area contributed by atoms with E-state index in [4.69, 9.17) is 25.2 Å². The van der Waals surface area contributed by atoms with E-state index in [1.807, 2.05) is 0 Å². The number of anilines is 1. The molecular weight excluding hydrogens is 372 g/mol. The zero-order valence-corrected chi connectivity index (χ0v) is 13.7. The Hall–Kier alpha value is -1.14. The number of nitrogens with zero attached hydrogens (tertiary/aromatic N) is 2. The van der Waals surface area contributed by atoms with Crippen molar-refractivity contribution in [2.45, 2.75) is 24.9 Å². The van der Waals surface area contributed by atoms with E-state index in [0.717, 1.165) is 4.57 Å². The Bertz CT molecular complexity index is 747. The van der Waals surface area contributed by atoms with Crippen molar-refractivity contribution >= 4 is 21.5 Å². The monoisotopic (exact) mass is 387 g/mol. The maximum atomic E-state index is 11.7. The van der Waals surface area contributed by atoms with Crippen LogP contribution in [-0.2, 0) is 22.7 Å². The largest absolute Gasteiger partial charge is 0.481 e. The molecule has 136 valence electrons. The van der Waals surface area contributed by atoms with Gasteiger partial charge in [0.1, 0.15) is 18.1 Å². The smallest absolute Gasteiger partial charge is 0.390 e. The summed E-state index contributed by atoms with van der Waals surface area (Å²) in [4.78, 5) is 41.3. The minimum absolute atomic E-state index is 0.00508. The summed E-state index contributed by atoms with van der Waals surface area (Å²) >= 11 is 0. The van der Waals surface area contributed by atoms with Crippen molar-refractivity contribution in [2.24, 2.45) is 0 Å². The molecule has 1 aliphatic rings. The van der Waals surface area contributed by atoms with E-state index >= 15 is 0 Å². The molecule has 6 N–H and O–H groups in total. The number of phosphoric acid groups is 2. The van der Waals surface area contributed by atoms with Crippen LogP contribution in [0.25, 0.3) is 0 Å². The predicted octanol–water partition coefficient (Wildman–Crippen LogP) is -1.30. The fourth-order valence-electron chi connectivity index (χ4n) is 2.01. The molecule has 0 radical (unpaired) electrons. The van der Waals surface area contributed by atoms with Gasteiger partial charge in [-0.3, -0.25) is 9.09 Å². The average molecular weight is 387 g/mol. The summed E-state index contributed by atoms with van der Waals surface area (Å²) in [6, 6.07) is 1.34. The van der Waals surface area contributed by atoms with Gasteiger partial charge in [0.2, 0.25) is 0 Å². The number of ether oxygens (including phenoxy) is 1. The first-order chi connectivity index (χ1) is 11.0. The van der Waals surface area contributed by atoms with Crippen molar-refractivity contribution in [2.75, 3.05) is 12.3 Å². The SMILES string of the molecule is Nc1ccn([C@H]2CC(O)[C@@H](COP(=O)(O)OP(=O)(O)O)O2)c(=O)n1. The van der Waals surface area contributed by atoms with Gasteiger partial charge in [-0.2, -0.15) is 9.29 Å². The molecule has 1 fully saturated rings. The van der Waals surface area contributed by atoms with Crippen LogP contribution in [0.4, 0.5) is 5.82 Å². The molecule has 0 spiro atoms. The van der Waals surface area contributed by atoms with E-state index in [9.17, 15) is 19.0 Å². The van der Waals surface area contributed by atoms with Crippen LogP contribution in [0, 0.1) is 0 Å². The van der Waals surface area contributed by atoms with Crippen molar-refractivity contribution < 1.29 is 42.5 Å². The van der Waals surface area contributed by atoms with Gasteiger partial charge in [0.25, 0.3) is 0 Å². The summed E-state index contributed by atoms with van der Waals surface area (Å²) < 4.78 is 36.2. The third kappa shape index (κ3) is 5.18. The molecule has 2 rings (SSSR count). The Balaban J connectivity index is 2.00. The Morgan fingerprint density at radius 2 is 2.08 bits per heavy atom. The van der Waals surface area contributed by atoms with Gasteiger partial charge in [0.05, 0.1) is 12.7 Å². The molecule has 0 saturated carbocycles. The molecule has 0 amide bonds. The first-order valence-electron chi connectivity index (χ1n) is 6.39. The van der Waals surface area contributed by atoms with Crippen molar-refractivity contribution in [1.82, 2.24) is 9.55 Å². The topological polar surface area (TPSA) is 204 Å². The number of aliphatic hydroxyl groups excluding tert-OH is 1. The van der Waals surface area contributed by atoms with Crippen LogP contribution < -0.4 is 11.4 Å². The molecule has 0 bridgehead atoms. The molecular formula is C9H15N3O10P2. The van der Waals surface area contributed by atoms with Gasteiger partial charge in [-0.1, -0.05) is 0 Å². The summed E-state index contributed by atoms with van der Waals surface area (Å²) in [5, 5.41) is 9.86. The van der Waals surface area contributed by atoms with Crippen LogP contribution >= 0.6 is 15.6 Å². The Kier molecular flexibility index (Phi) is 5.60. The molecule has 4 atom stereocenters. The number of rotatable bonds is 6. The number of nitrogen functional groups attached to an aromatic ring is 1. The molecule has 24 heavy (non-hydrogen) atoms. The standard InChI is InChI=1S/C9H15N3O10P2/c10-7-1-2-12(9(14)11-7)8-3-5(13)6(21-8)4-20-24(18,19)22-23(15,16)17/h1-2,5-6,8,13H,3-4H2,(H,18,19)(H2,10,11,14)(H2,15,16,17)/t5?,6-,8-/m1/s1. The van der Waals surface area contributed by atoms with E-state index in [2.05, 4.69) is 13.8 Å². The van der Waals surface area contributed by atoms with Crippen molar-refractivity contribution in [3.8, 4) is 0 Å². The third-order valence-corrected chi connectivity index (χ3v) is 5.13. The van der Waals surface area contributed by atoms with E-state index in [-0.39, 0.29) is 12.2 Å². The maximum absolute atomic E-state index is 11.7. The second-order valence-corrected chi connectivity index (χ2v) is 7.64. The van der Waals surface area contributed by atoms with Crippen LogP contribution in [0.2, 0.25) is 0 Å². The van der Waals surface area contributed by atoms with Crippen molar-refractivity contribution in [1.29, 1.82) is 0 Å². The first-order valence-corrected chi connectivity index (χ1v) is 9.42.